The second kappa shape index (κ2) is 10.9. The van der Waals surface area contributed by atoms with E-state index in [1.807, 2.05) is 51.1 Å². The highest BCUT2D eigenvalue weighted by atomic mass is 16.5. The van der Waals surface area contributed by atoms with E-state index in [0.717, 1.165) is 23.3 Å². The lowest BCUT2D eigenvalue weighted by Crippen LogP contribution is -2.29. The van der Waals surface area contributed by atoms with E-state index in [4.69, 9.17) is 4.74 Å². The van der Waals surface area contributed by atoms with Crippen molar-refractivity contribution in [2.24, 2.45) is 0 Å². The van der Waals surface area contributed by atoms with Gasteiger partial charge in [-0.3, -0.25) is 4.79 Å². The van der Waals surface area contributed by atoms with Crippen LogP contribution in [0.15, 0.2) is 54.2 Å². The van der Waals surface area contributed by atoms with Crippen LogP contribution in [0, 0.1) is 25.2 Å². The molecule has 1 atom stereocenters. The normalized spacial score (nSPS) is 12.0. The molecule has 1 unspecified atom stereocenters. The lowest BCUT2D eigenvalue weighted by molar-refractivity contribution is -0.117. The molecule has 0 radical (unpaired) electrons. The van der Waals surface area contributed by atoms with Gasteiger partial charge in [0.1, 0.15) is 17.4 Å². The number of amides is 1. The number of nitrogens with zero attached hydrogens (tertiary/aromatic N) is 1. The van der Waals surface area contributed by atoms with Crippen LogP contribution in [-0.2, 0) is 11.2 Å². The Balaban J connectivity index is 1.97. The Labute approximate surface area is 173 Å². The molecule has 2 aromatic carbocycles. The number of aryl methyl sites for hydroxylation is 2. The summed E-state index contributed by atoms with van der Waals surface area (Å²) < 4.78 is 5.67. The summed E-state index contributed by atoms with van der Waals surface area (Å²) in [6.45, 7) is 9.05. The minimum absolute atomic E-state index is 0.0479. The molecule has 2 rings (SSSR count). The standard InChI is InChI=1S/C24H29N3O2/c1-5-29-23-10-9-18(3)14-22(23)19(4)27-24(28)21(15-25)16-26-12-11-20-8-6-7-17(2)13-20/h6-10,13-14,16,19,26H,5,11-12H2,1-4H3,(H,27,28)/b21-16-. The first-order valence-corrected chi connectivity index (χ1v) is 9.88. The van der Waals surface area contributed by atoms with Gasteiger partial charge in [-0.15, -0.1) is 0 Å². The van der Waals surface area contributed by atoms with Crippen molar-refractivity contribution < 1.29 is 9.53 Å². The molecular formula is C24H29N3O2. The number of rotatable bonds is 9. The first-order chi connectivity index (χ1) is 13.9. The molecule has 2 aromatic rings. The van der Waals surface area contributed by atoms with Gasteiger partial charge in [0, 0.05) is 18.3 Å². The summed E-state index contributed by atoms with van der Waals surface area (Å²) in [5, 5.41) is 15.3. The van der Waals surface area contributed by atoms with Crippen molar-refractivity contribution in [1.82, 2.24) is 10.6 Å². The first-order valence-electron chi connectivity index (χ1n) is 9.88. The SMILES string of the molecule is CCOc1ccc(C)cc1C(C)NC(=O)/C(C#N)=C\NCCc1cccc(C)c1. The van der Waals surface area contributed by atoms with Gasteiger partial charge in [0.25, 0.3) is 5.91 Å². The zero-order valence-electron chi connectivity index (χ0n) is 17.6. The topological polar surface area (TPSA) is 74.1 Å². The summed E-state index contributed by atoms with van der Waals surface area (Å²) in [5.41, 5.74) is 4.45. The average molecular weight is 392 g/mol. The maximum absolute atomic E-state index is 12.5. The molecule has 0 fully saturated rings. The van der Waals surface area contributed by atoms with E-state index in [9.17, 15) is 10.1 Å². The second-order valence-corrected chi connectivity index (χ2v) is 7.03. The predicted molar refractivity (Wildman–Crippen MR) is 115 cm³/mol. The van der Waals surface area contributed by atoms with E-state index in [1.54, 1.807) is 0 Å². The van der Waals surface area contributed by atoms with Gasteiger partial charge in [-0.2, -0.15) is 5.26 Å². The van der Waals surface area contributed by atoms with Crippen LogP contribution in [0.1, 0.15) is 42.1 Å². The van der Waals surface area contributed by atoms with Crippen molar-refractivity contribution >= 4 is 5.91 Å². The molecule has 5 nitrogen and oxygen atoms in total. The van der Waals surface area contributed by atoms with Crippen LogP contribution < -0.4 is 15.4 Å². The van der Waals surface area contributed by atoms with Crippen LogP contribution in [0.3, 0.4) is 0 Å². The van der Waals surface area contributed by atoms with E-state index in [1.165, 1.54) is 17.3 Å². The van der Waals surface area contributed by atoms with Gasteiger partial charge >= 0.3 is 0 Å². The van der Waals surface area contributed by atoms with Gasteiger partial charge in [0.05, 0.1) is 12.6 Å². The number of hydrogen-bond acceptors (Lipinski definition) is 4. The minimum Gasteiger partial charge on any atom is -0.494 e. The summed E-state index contributed by atoms with van der Waals surface area (Å²) in [4.78, 5) is 12.5. The van der Waals surface area contributed by atoms with Gasteiger partial charge in [0.2, 0.25) is 0 Å². The number of nitriles is 1. The van der Waals surface area contributed by atoms with Crippen molar-refractivity contribution in [2.45, 2.75) is 40.2 Å². The number of hydrogen-bond donors (Lipinski definition) is 2. The van der Waals surface area contributed by atoms with Crippen LogP contribution in [0.2, 0.25) is 0 Å². The van der Waals surface area contributed by atoms with E-state index < -0.39 is 5.91 Å². The first kappa shape index (κ1) is 22.0. The highest BCUT2D eigenvalue weighted by molar-refractivity contribution is 5.97. The summed E-state index contributed by atoms with van der Waals surface area (Å²) in [6, 6.07) is 15.8. The predicted octanol–water partition coefficient (Wildman–Crippen LogP) is 4.12. The zero-order chi connectivity index (χ0) is 21.2. The van der Waals surface area contributed by atoms with E-state index in [2.05, 4.69) is 35.8 Å². The summed E-state index contributed by atoms with van der Waals surface area (Å²) in [7, 11) is 0. The summed E-state index contributed by atoms with van der Waals surface area (Å²) in [5.74, 6) is 0.330. The second-order valence-electron chi connectivity index (χ2n) is 7.03. The lowest BCUT2D eigenvalue weighted by Gasteiger charge is -2.18. The highest BCUT2D eigenvalue weighted by Crippen LogP contribution is 2.26. The van der Waals surface area contributed by atoms with Crippen LogP contribution in [0.25, 0.3) is 0 Å². The number of carbonyl (C=O) groups is 1. The monoisotopic (exact) mass is 391 g/mol. The Morgan fingerprint density at radius 1 is 1.21 bits per heavy atom. The average Bonchev–Trinajstić information content (AvgIpc) is 2.69. The van der Waals surface area contributed by atoms with Crippen molar-refractivity contribution in [2.75, 3.05) is 13.2 Å². The number of nitrogens with one attached hydrogen (secondary N) is 2. The molecule has 0 heterocycles. The van der Waals surface area contributed by atoms with Crippen LogP contribution in [0.5, 0.6) is 5.75 Å². The van der Waals surface area contributed by atoms with Gasteiger partial charge in [-0.1, -0.05) is 47.5 Å². The van der Waals surface area contributed by atoms with Crippen molar-refractivity contribution in [3.8, 4) is 11.8 Å². The fraction of sp³-hybridized carbons (Fsp3) is 0.333. The van der Waals surface area contributed by atoms with Gasteiger partial charge in [-0.05, 0) is 45.7 Å². The third kappa shape index (κ3) is 6.69. The Morgan fingerprint density at radius 2 is 1.97 bits per heavy atom. The van der Waals surface area contributed by atoms with Gasteiger partial charge < -0.3 is 15.4 Å². The summed E-state index contributed by atoms with van der Waals surface area (Å²) >= 11 is 0. The van der Waals surface area contributed by atoms with Crippen molar-refractivity contribution in [3.63, 3.8) is 0 Å². The smallest absolute Gasteiger partial charge is 0.263 e. The third-order valence-electron chi connectivity index (χ3n) is 4.53. The van der Waals surface area contributed by atoms with Crippen LogP contribution in [0.4, 0.5) is 0 Å². The van der Waals surface area contributed by atoms with Gasteiger partial charge in [-0.25, -0.2) is 0 Å². The maximum atomic E-state index is 12.5. The fourth-order valence-corrected chi connectivity index (χ4v) is 3.05. The van der Waals surface area contributed by atoms with Crippen LogP contribution in [-0.4, -0.2) is 19.1 Å². The van der Waals surface area contributed by atoms with Crippen molar-refractivity contribution in [3.05, 3.63) is 76.5 Å². The molecule has 0 aliphatic carbocycles. The summed E-state index contributed by atoms with van der Waals surface area (Å²) in [6.07, 6.45) is 2.30. The Hall–Kier alpha value is -3.26. The molecule has 0 spiro atoms. The number of carbonyl (C=O) groups excluding carboxylic acids is 1. The molecule has 0 aromatic heterocycles. The molecular weight excluding hydrogens is 362 g/mol. The molecule has 0 aliphatic rings. The molecule has 152 valence electrons. The highest BCUT2D eigenvalue weighted by Gasteiger charge is 2.17. The molecule has 0 bridgehead atoms. The van der Waals surface area contributed by atoms with Gasteiger partial charge in [0.15, 0.2) is 0 Å². The van der Waals surface area contributed by atoms with Crippen molar-refractivity contribution in [1.29, 1.82) is 5.26 Å². The van der Waals surface area contributed by atoms with E-state index >= 15 is 0 Å². The fourth-order valence-electron chi connectivity index (χ4n) is 3.05. The number of benzene rings is 2. The Morgan fingerprint density at radius 3 is 2.66 bits per heavy atom. The van der Waals surface area contributed by atoms with E-state index in [0.29, 0.717) is 13.2 Å². The maximum Gasteiger partial charge on any atom is 0.263 e. The lowest BCUT2D eigenvalue weighted by atomic mass is 10.0. The third-order valence-corrected chi connectivity index (χ3v) is 4.53. The zero-order valence-corrected chi connectivity index (χ0v) is 17.6. The molecule has 0 aliphatic heterocycles. The molecule has 2 N–H and O–H groups in total. The molecule has 29 heavy (non-hydrogen) atoms. The minimum atomic E-state index is -0.410. The molecule has 5 heteroatoms. The molecule has 0 saturated heterocycles. The Bertz CT molecular complexity index is 913. The van der Waals surface area contributed by atoms with Crippen LogP contribution >= 0.6 is 0 Å². The van der Waals surface area contributed by atoms with E-state index in [-0.39, 0.29) is 11.6 Å². The molecule has 1 amide bonds. The Kier molecular flexibility index (Phi) is 8.29. The largest absolute Gasteiger partial charge is 0.494 e. The quantitative estimate of drug-likeness (QED) is 0.383. The molecule has 0 saturated carbocycles. The number of ether oxygens (including phenoxy) is 1.